The molecule has 2 aromatic rings. The maximum Gasteiger partial charge on any atom is 0.407 e. The van der Waals surface area contributed by atoms with Gasteiger partial charge in [0.1, 0.15) is 18.3 Å². The maximum absolute atomic E-state index is 11.0. The largest absolute Gasteiger partial charge is 0.474 e. The first-order valence-electron chi connectivity index (χ1n) is 8.39. The van der Waals surface area contributed by atoms with E-state index in [0.29, 0.717) is 31.8 Å². The summed E-state index contributed by atoms with van der Waals surface area (Å²) >= 11 is 0. The number of ether oxygens (including phenoxy) is 1. The van der Waals surface area contributed by atoms with Gasteiger partial charge in [0.15, 0.2) is 5.82 Å². The van der Waals surface area contributed by atoms with Crippen molar-refractivity contribution < 1.29 is 14.6 Å². The molecule has 0 bridgehead atoms. The Morgan fingerprint density at radius 2 is 2.04 bits per heavy atom. The number of fused-ring (bicyclic) bond motifs is 1. The van der Waals surface area contributed by atoms with E-state index in [1.54, 1.807) is 6.20 Å². The molecule has 1 saturated heterocycles. The lowest BCUT2D eigenvalue weighted by Gasteiger charge is -2.30. The second-order valence-corrected chi connectivity index (χ2v) is 6.28. The molecule has 9 nitrogen and oxygen atoms in total. The van der Waals surface area contributed by atoms with Crippen molar-refractivity contribution >= 4 is 11.9 Å². The van der Waals surface area contributed by atoms with Gasteiger partial charge in [0.05, 0.1) is 5.56 Å². The minimum atomic E-state index is -0.871. The highest BCUT2D eigenvalue weighted by Crippen LogP contribution is 2.29. The molecule has 0 aromatic carbocycles. The van der Waals surface area contributed by atoms with Gasteiger partial charge in [-0.3, -0.25) is 5.01 Å². The van der Waals surface area contributed by atoms with Crippen LogP contribution < -0.4 is 9.75 Å². The van der Waals surface area contributed by atoms with Crippen LogP contribution in [0.4, 0.5) is 10.6 Å². The highest BCUT2D eigenvalue weighted by molar-refractivity contribution is 5.65. The fourth-order valence-electron chi connectivity index (χ4n) is 3.38. The number of hydrogen-bond donors (Lipinski definition) is 1. The zero-order chi connectivity index (χ0) is 17.4. The van der Waals surface area contributed by atoms with E-state index in [4.69, 9.17) is 9.84 Å². The first-order chi connectivity index (χ1) is 12.1. The van der Waals surface area contributed by atoms with Crippen LogP contribution in [0, 0.1) is 6.92 Å². The number of aromatic nitrogens is 4. The lowest BCUT2D eigenvalue weighted by molar-refractivity contribution is 0.0866. The molecule has 1 fully saturated rings. The Labute approximate surface area is 144 Å². The fourth-order valence-corrected chi connectivity index (χ4v) is 3.38. The van der Waals surface area contributed by atoms with Crippen LogP contribution in [0.5, 0.6) is 5.88 Å². The summed E-state index contributed by atoms with van der Waals surface area (Å²) in [6, 6.07) is 0. The minimum Gasteiger partial charge on any atom is -0.474 e. The summed E-state index contributed by atoms with van der Waals surface area (Å²) in [7, 11) is 0. The fraction of sp³-hybridized carbons (Fsp3) is 0.500. The number of nitrogens with zero attached hydrogens (tertiary/aromatic N) is 6. The SMILES string of the molecule is Cc1c(OC2CCN(C(=O)O)CC2)ncnc1N1CCc2nccn21. The Bertz CT molecular complexity index is 784. The van der Waals surface area contributed by atoms with Crippen LogP contribution in [0.15, 0.2) is 18.7 Å². The van der Waals surface area contributed by atoms with Gasteiger partial charge in [0, 0.05) is 51.3 Å². The van der Waals surface area contributed by atoms with Crippen LogP contribution in [-0.4, -0.2) is 61.5 Å². The van der Waals surface area contributed by atoms with Crippen molar-refractivity contribution in [3.05, 3.63) is 30.1 Å². The van der Waals surface area contributed by atoms with Gasteiger partial charge < -0.3 is 14.7 Å². The summed E-state index contributed by atoms with van der Waals surface area (Å²) in [5.74, 6) is 2.39. The van der Waals surface area contributed by atoms with E-state index in [0.717, 1.165) is 30.2 Å². The molecule has 0 atom stereocenters. The maximum atomic E-state index is 11.0. The van der Waals surface area contributed by atoms with Crippen molar-refractivity contribution in [3.63, 3.8) is 0 Å². The van der Waals surface area contributed by atoms with E-state index in [1.807, 2.05) is 17.8 Å². The molecule has 0 spiro atoms. The van der Waals surface area contributed by atoms with Crippen molar-refractivity contribution in [1.29, 1.82) is 0 Å². The average Bonchev–Trinajstić information content (AvgIpc) is 3.21. The Morgan fingerprint density at radius 1 is 1.24 bits per heavy atom. The van der Waals surface area contributed by atoms with E-state index in [9.17, 15) is 4.79 Å². The molecule has 0 radical (unpaired) electrons. The first kappa shape index (κ1) is 15.7. The number of hydrogen-bond acceptors (Lipinski definition) is 6. The van der Waals surface area contributed by atoms with E-state index in [-0.39, 0.29) is 6.10 Å². The number of imidazole rings is 1. The summed E-state index contributed by atoms with van der Waals surface area (Å²) in [6.45, 7) is 3.74. The van der Waals surface area contributed by atoms with Crippen molar-refractivity contribution in [2.24, 2.45) is 0 Å². The van der Waals surface area contributed by atoms with Gasteiger partial charge >= 0.3 is 6.09 Å². The number of piperidine rings is 1. The predicted octanol–water partition coefficient (Wildman–Crippen LogP) is 1.33. The predicted molar refractivity (Wildman–Crippen MR) is 88.7 cm³/mol. The van der Waals surface area contributed by atoms with Crippen molar-refractivity contribution in [3.8, 4) is 5.88 Å². The van der Waals surface area contributed by atoms with Crippen LogP contribution in [0.2, 0.25) is 0 Å². The number of rotatable bonds is 3. The normalized spacial score (nSPS) is 17.6. The van der Waals surface area contributed by atoms with Crippen molar-refractivity contribution in [2.75, 3.05) is 24.6 Å². The minimum absolute atomic E-state index is 0.0283. The Balaban J connectivity index is 1.50. The summed E-state index contributed by atoms with van der Waals surface area (Å²) in [6.07, 6.45) is 6.53. The van der Waals surface area contributed by atoms with E-state index in [1.165, 1.54) is 11.2 Å². The molecule has 4 rings (SSSR count). The molecule has 1 N–H and O–H groups in total. The van der Waals surface area contributed by atoms with Crippen molar-refractivity contribution in [2.45, 2.75) is 32.3 Å². The monoisotopic (exact) mass is 344 g/mol. The topological polar surface area (TPSA) is 96.6 Å². The molecule has 1 amide bonds. The van der Waals surface area contributed by atoms with Gasteiger partial charge in [-0.2, -0.15) is 0 Å². The third-order valence-electron chi connectivity index (χ3n) is 4.75. The molecule has 2 aromatic heterocycles. The third kappa shape index (κ3) is 2.86. The second kappa shape index (κ2) is 6.23. The van der Waals surface area contributed by atoms with Gasteiger partial charge in [-0.05, 0) is 6.92 Å². The Morgan fingerprint density at radius 3 is 2.80 bits per heavy atom. The summed E-state index contributed by atoms with van der Waals surface area (Å²) in [4.78, 5) is 25.5. The lowest BCUT2D eigenvalue weighted by atomic mass is 10.1. The molecule has 2 aliphatic rings. The van der Waals surface area contributed by atoms with Gasteiger partial charge in [-0.15, -0.1) is 0 Å². The van der Waals surface area contributed by atoms with E-state index in [2.05, 4.69) is 20.0 Å². The average molecular weight is 344 g/mol. The quantitative estimate of drug-likeness (QED) is 0.897. The summed E-state index contributed by atoms with van der Waals surface area (Å²) in [5.41, 5.74) is 0.879. The highest BCUT2D eigenvalue weighted by atomic mass is 16.5. The number of carboxylic acid groups (broad SMARTS) is 1. The molecular formula is C16H20N6O3. The van der Waals surface area contributed by atoms with Crippen LogP contribution in [-0.2, 0) is 6.42 Å². The van der Waals surface area contributed by atoms with E-state index < -0.39 is 6.09 Å². The van der Waals surface area contributed by atoms with Gasteiger partial charge in [0.25, 0.3) is 0 Å². The zero-order valence-electron chi connectivity index (χ0n) is 14.0. The molecule has 0 saturated carbocycles. The summed E-state index contributed by atoms with van der Waals surface area (Å²) < 4.78 is 8.07. The Hall–Kier alpha value is -2.84. The second-order valence-electron chi connectivity index (χ2n) is 6.28. The number of amides is 1. The molecule has 132 valence electrons. The molecular weight excluding hydrogens is 324 g/mol. The van der Waals surface area contributed by atoms with Crippen molar-refractivity contribution in [1.82, 2.24) is 24.5 Å². The smallest absolute Gasteiger partial charge is 0.407 e. The highest BCUT2D eigenvalue weighted by Gasteiger charge is 2.27. The molecule has 0 unspecified atom stereocenters. The molecule has 25 heavy (non-hydrogen) atoms. The number of anilines is 1. The molecule has 0 aliphatic carbocycles. The van der Waals surface area contributed by atoms with Crippen LogP contribution in [0.3, 0.4) is 0 Å². The van der Waals surface area contributed by atoms with Gasteiger partial charge in [-0.25, -0.2) is 24.4 Å². The summed E-state index contributed by atoms with van der Waals surface area (Å²) in [5, 5.41) is 11.1. The van der Waals surface area contributed by atoms with E-state index >= 15 is 0 Å². The zero-order valence-corrected chi connectivity index (χ0v) is 14.0. The molecule has 4 heterocycles. The lowest BCUT2D eigenvalue weighted by Crippen LogP contribution is -2.41. The first-order valence-corrected chi connectivity index (χ1v) is 8.39. The van der Waals surface area contributed by atoms with Crippen LogP contribution in [0.1, 0.15) is 24.2 Å². The Kier molecular flexibility index (Phi) is 3.90. The number of likely N-dealkylation sites (tertiary alicyclic amines) is 1. The standard InChI is InChI=1S/C16H20N6O3/c1-11-14(22-8-4-13-17-5-9-21(13)22)18-10-19-15(11)25-12-2-6-20(7-3-12)16(23)24/h5,9-10,12H,2-4,6-8H2,1H3,(H,23,24). The number of carbonyl (C=O) groups is 1. The van der Waals surface area contributed by atoms with Gasteiger partial charge in [0.2, 0.25) is 5.88 Å². The van der Waals surface area contributed by atoms with Gasteiger partial charge in [-0.1, -0.05) is 0 Å². The molecule has 2 aliphatic heterocycles. The van der Waals surface area contributed by atoms with Crippen LogP contribution >= 0.6 is 0 Å². The third-order valence-corrected chi connectivity index (χ3v) is 4.75. The molecule has 9 heteroatoms. The van der Waals surface area contributed by atoms with Crippen LogP contribution in [0.25, 0.3) is 0 Å².